The fourth-order valence-electron chi connectivity index (χ4n) is 10.6. The number of rotatable bonds is 3. The lowest BCUT2D eigenvalue weighted by molar-refractivity contribution is 0.590. The molecule has 292 valence electrons. The molecule has 0 saturated carbocycles. The fraction of sp³-hybridized carbons (Fsp3) is 0.140. The summed E-state index contributed by atoms with van der Waals surface area (Å²) < 4.78 is 5.04. The van der Waals surface area contributed by atoms with Crippen LogP contribution in [0.1, 0.15) is 52.7 Å². The zero-order valence-corrected chi connectivity index (χ0v) is 35.3. The molecule has 13 aromatic rings. The zero-order chi connectivity index (χ0) is 41.1. The van der Waals surface area contributed by atoms with E-state index in [1.54, 1.807) is 0 Å². The van der Waals surface area contributed by atoms with E-state index < -0.39 is 0 Å². The minimum atomic E-state index is -0.0418. The van der Waals surface area contributed by atoms with E-state index >= 15 is 0 Å². The van der Waals surface area contributed by atoms with Crippen molar-refractivity contribution < 1.29 is 0 Å². The summed E-state index contributed by atoms with van der Waals surface area (Å²) >= 11 is 0. The predicted octanol–water partition coefficient (Wildman–Crippen LogP) is 15.8. The molecule has 0 atom stereocenters. The van der Waals surface area contributed by atoms with E-state index in [-0.39, 0.29) is 10.8 Å². The van der Waals surface area contributed by atoms with Crippen molar-refractivity contribution in [3.8, 4) is 0 Å². The van der Waals surface area contributed by atoms with Gasteiger partial charge in [0.05, 0.1) is 38.8 Å². The number of hydrogen-bond acceptors (Lipinski definition) is 2. The van der Waals surface area contributed by atoms with Crippen LogP contribution in [0.3, 0.4) is 0 Å². The molecule has 0 saturated heterocycles. The highest BCUT2D eigenvalue weighted by molar-refractivity contribution is 6.36. The Morgan fingerprint density at radius 3 is 1.64 bits per heavy atom. The molecule has 0 radical (unpaired) electrons. The SMILES string of the molecule is CC(C)(C)c1ccc2c(c1)c1cc(C(C)(C)C)cc3c4cc5c(nc4n2c13)c1c2ccccc2cc2c3c4ccccc4cc(N(c4ccccc4)c4ccccc4)c3n5c21. The van der Waals surface area contributed by atoms with E-state index in [0.29, 0.717) is 0 Å². The van der Waals surface area contributed by atoms with Gasteiger partial charge >= 0.3 is 0 Å². The number of fused-ring (bicyclic) bond motifs is 16. The number of aromatic nitrogens is 3. The van der Waals surface area contributed by atoms with Crippen LogP contribution in [0.4, 0.5) is 17.1 Å². The smallest absolute Gasteiger partial charge is 0.146 e. The Morgan fingerprint density at radius 2 is 0.984 bits per heavy atom. The zero-order valence-electron chi connectivity index (χ0n) is 35.3. The van der Waals surface area contributed by atoms with E-state index in [2.05, 4.69) is 213 Å². The Balaban J connectivity index is 1.28. The summed E-state index contributed by atoms with van der Waals surface area (Å²) in [5, 5.41) is 13.7. The Bertz CT molecular complexity index is 3890. The van der Waals surface area contributed by atoms with E-state index in [1.807, 2.05) is 0 Å². The van der Waals surface area contributed by atoms with Crippen molar-refractivity contribution in [1.29, 1.82) is 0 Å². The molecule has 5 heterocycles. The van der Waals surface area contributed by atoms with Gasteiger partial charge in [-0.1, -0.05) is 133 Å². The van der Waals surface area contributed by atoms with Gasteiger partial charge in [0.25, 0.3) is 0 Å². The predicted molar refractivity (Wildman–Crippen MR) is 261 cm³/mol. The van der Waals surface area contributed by atoms with Gasteiger partial charge in [0, 0.05) is 49.1 Å². The molecule has 0 fully saturated rings. The molecule has 4 heteroatoms. The third kappa shape index (κ3) is 4.62. The van der Waals surface area contributed by atoms with Crippen LogP contribution in [-0.2, 0) is 10.8 Å². The van der Waals surface area contributed by atoms with Crippen LogP contribution in [0.25, 0.3) is 98.0 Å². The largest absolute Gasteiger partial charge is 0.308 e. The topological polar surface area (TPSA) is 24.9 Å². The molecular formula is C57H44N4. The molecule has 0 bridgehead atoms. The molecular weight excluding hydrogens is 741 g/mol. The van der Waals surface area contributed by atoms with Crippen LogP contribution >= 0.6 is 0 Å². The lowest BCUT2D eigenvalue weighted by Gasteiger charge is -2.27. The summed E-state index contributed by atoms with van der Waals surface area (Å²) in [5.74, 6) is 0. The first kappa shape index (κ1) is 34.7. The van der Waals surface area contributed by atoms with Gasteiger partial charge in [-0.3, -0.25) is 4.40 Å². The first-order chi connectivity index (χ1) is 29.5. The Morgan fingerprint density at radius 1 is 0.410 bits per heavy atom. The summed E-state index contributed by atoms with van der Waals surface area (Å²) in [6, 6.07) is 58.8. The summed E-state index contributed by atoms with van der Waals surface area (Å²) in [7, 11) is 0. The van der Waals surface area contributed by atoms with Crippen molar-refractivity contribution >= 4 is 115 Å². The number of pyridine rings is 1. The number of hydrogen-bond donors (Lipinski definition) is 0. The first-order valence-corrected chi connectivity index (χ1v) is 21.6. The van der Waals surface area contributed by atoms with Crippen molar-refractivity contribution in [3.63, 3.8) is 0 Å². The minimum Gasteiger partial charge on any atom is -0.308 e. The second-order valence-corrected chi connectivity index (χ2v) is 19.3. The average molecular weight is 785 g/mol. The normalized spacial score (nSPS) is 13.1. The van der Waals surface area contributed by atoms with Gasteiger partial charge in [0.1, 0.15) is 5.65 Å². The number of benzene rings is 8. The van der Waals surface area contributed by atoms with Gasteiger partial charge in [-0.2, -0.15) is 0 Å². The van der Waals surface area contributed by atoms with Gasteiger partial charge in [-0.15, -0.1) is 0 Å². The Labute approximate surface area is 353 Å². The van der Waals surface area contributed by atoms with Gasteiger partial charge in [0.2, 0.25) is 0 Å². The van der Waals surface area contributed by atoms with E-state index in [1.165, 1.54) is 92.4 Å². The van der Waals surface area contributed by atoms with Crippen LogP contribution < -0.4 is 4.90 Å². The molecule has 0 spiro atoms. The minimum absolute atomic E-state index is 0.0327. The first-order valence-electron chi connectivity index (χ1n) is 21.6. The van der Waals surface area contributed by atoms with Crippen molar-refractivity contribution in [2.75, 3.05) is 4.90 Å². The van der Waals surface area contributed by atoms with Crippen LogP contribution in [0.2, 0.25) is 0 Å². The van der Waals surface area contributed by atoms with E-state index in [9.17, 15) is 0 Å². The van der Waals surface area contributed by atoms with Gasteiger partial charge in [-0.25, -0.2) is 4.98 Å². The molecule has 8 aromatic carbocycles. The monoisotopic (exact) mass is 784 g/mol. The average Bonchev–Trinajstić information content (AvgIpc) is 3.98. The van der Waals surface area contributed by atoms with Crippen LogP contribution in [0.5, 0.6) is 0 Å². The molecule has 61 heavy (non-hydrogen) atoms. The summed E-state index contributed by atoms with van der Waals surface area (Å²) in [6.45, 7) is 13.9. The molecule has 0 aliphatic rings. The van der Waals surface area contributed by atoms with Crippen molar-refractivity contribution in [2.45, 2.75) is 52.4 Å². The van der Waals surface area contributed by atoms with E-state index in [4.69, 9.17) is 4.98 Å². The van der Waals surface area contributed by atoms with Crippen LogP contribution in [-0.4, -0.2) is 13.8 Å². The van der Waals surface area contributed by atoms with Crippen molar-refractivity contribution in [3.05, 3.63) is 169 Å². The van der Waals surface area contributed by atoms with Crippen LogP contribution in [0, 0.1) is 0 Å². The Kier molecular flexibility index (Phi) is 6.69. The number of anilines is 3. The maximum absolute atomic E-state index is 5.91. The molecule has 0 N–H and O–H groups in total. The molecule has 0 aliphatic carbocycles. The van der Waals surface area contributed by atoms with Gasteiger partial charge in [0.15, 0.2) is 0 Å². The second kappa shape index (κ2) is 11.8. The van der Waals surface area contributed by atoms with Gasteiger partial charge < -0.3 is 9.30 Å². The standard InChI is InChI=1S/C57H44N4/c1-56(2,3)35-25-26-46-41(29-35)42-30-36(57(4,5)6)31-43-44-32-47-51(58-55(44)61(46)52(42)43)50-40-24-16-13-17-33(40)27-45-49-39-23-15-14-18-34(39)28-48(54(49)60(47)53(45)50)59(37-19-9-7-10-20-37)38-21-11-8-12-22-38/h7-32H,1-6H3. The lowest BCUT2D eigenvalue weighted by Crippen LogP contribution is -2.11. The maximum Gasteiger partial charge on any atom is 0.146 e. The highest BCUT2D eigenvalue weighted by atomic mass is 15.2. The highest BCUT2D eigenvalue weighted by Gasteiger charge is 2.30. The molecule has 0 unspecified atom stereocenters. The molecule has 0 amide bonds. The van der Waals surface area contributed by atoms with Crippen LogP contribution in [0.15, 0.2) is 158 Å². The molecule has 13 rings (SSSR count). The third-order valence-electron chi connectivity index (χ3n) is 13.6. The summed E-state index contributed by atoms with van der Waals surface area (Å²) in [6.07, 6.45) is 0. The molecule has 0 aliphatic heterocycles. The van der Waals surface area contributed by atoms with E-state index in [0.717, 1.165) is 33.7 Å². The van der Waals surface area contributed by atoms with Crippen molar-refractivity contribution in [1.82, 2.24) is 13.8 Å². The fourth-order valence-corrected chi connectivity index (χ4v) is 10.6. The summed E-state index contributed by atoms with van der Waals surface area (Å²) in [5.41, 5.74) is 14.1. The number of nitrogens with zero attached hydrogens (tertiary/aromatic N) is 4. The molecule has 4 nitrogen and oxygen atoms in total. The van der Waals surface area contributed by atoms with Gasteiger partial charge in [-0.05, 0) is 110 Å². The summed E-state index contributed by atoms with van der Waals surface area (Å²) in [4.78, 5) is 8.35. The Hall–Kier alpha value is -7.17. The maximum atomic E-state index is 5.91. The highest BCUT2D eigenvalue weighted by Crippen LogP contribution is 2.51. The van der Waals surface area contributed by atoms with Crippen molar-refractivity contribution in [2.24, 2.45) is 0 Å². The lowest BCUT2D eigenvalue weighted by atomic mass is 9.84. The molecule has 5 aromatic heterocycles. The second-order valence-electron chi connectivity index (χ2n) is 19.3. The number of para-hydroxylation sites is 2. The quantitative estimate of drug-likeness (QED) is 0.178. The third-order valence-corrected chi connectivity index (χ3v) is 13.6.